The summed E-state index contributed by atoms with van der Waals surface area (Å²) in [5.41, 5.74) is 3.62. The number of amides is 1. The molecule has 0 saturated carbocycles. The molecule has 6 nitrogen and oxygen atoms in total. The highest BCUT2D eigenvalue weighted by Gasteiger charge is 2.25. The molecule has 0 aliphatic rings. The lowest BCUT2D eigenvalue weighted by molar-refractivity contribution is -0.139. The van der Waals surface area contributed by atoms with Gasteiger partial charge in [0.2, 0.25) is 0 Å². The van der Waals surface area contributed by atoms with Crippen LogP contribution in [-0.4, -0.2) is 31.7 Å². The molecule has 0 spiro atoms. The number of hydrogen-bond acceptors (Lipinski definition) is 4. The molecule has 0 aliphatic carbocycles. The lowest BCUT2D eigenvalue weighted by Gasteiger charge is -2.18. The second kappa shape index (κ2) is 7.52. The Kier molecular flexibility index (Phi) is 5.75. The molecule has 0 fully saturated rings. The van der Waals surface area contributed by atoms with Gasteiger partial charge in [0.25, 0.3) is 5.91 Å². The average molecular weight is 389 g/mol. The molecular weight excluding hydrogens is 366 g/mol. The van der Waals surface area contributed by atoms with Crippen molar-refractivity contribution in [1.82, 2.24) is 5.32 Å². The van der Waals surface area contributed by atoms with Gasteiger partial charge < -0.3 is 10.4 Å². The lowest BCUT2D eigenvalue weighted by Crippen LogP contribution is -2.34. The molecular formula is C20H23NO5S. The van der Waals surface area contributed by atoms with E-state index in [-0.39, 0.29) is 10.5 Å². The fourth-order valence-electron chi connectivity index (χ4n) is 2.95. The number of carbonyl (C=O) groups excluding carboxylic acids is 1. The zero-order valence-electron chi connectivity index (χ0n) is 16.0. The van der Waals surface area contributed by atoms with Crippen LogP contribution in [0.4, 0.5) is 0 Å². The second-order valence-electron chi connectivity index (χ2n) is 6.85. The van der Waals surface area contributed by atoms with E-state index < -0.39 is 27.8 Å². The predicted octanol–water partition coefficient (Wildman–Crippen LogP) is 2.88. The maximum absolute atomic E-state index is 12.8. The zero-order valence-corrected chi connectivity index (χ0v) is 16.8. The topological polar surface area (TPSA) is 101 Å². The number of aliphatic carboxylic acids is 1. The van der Waals surface area contributed by atoms with Crippen LogP contribution in [0.2, 0.25) is 0 Å². The molecule has 0 radical (unpaired) electrons. The first-order valence-corrected chi connectivity index (χ1v) is 10.2. The van der Waals surface area contributed by atoms with E-state index >= 15 is 0 Å². The highest BCUT2D eigenvalue weighted by Crippen LogP contribution is 2.22. The summed E-state index contributed by atoms with van der Waals surface area (Å²) in [6.45, 7) is 7.10. The molecule has 7 heteroatoms. The van der Waals surface area contributed by atoms with Crippen molar-refractivity contribution in [2.24, 2.45) is 0 Å². The van der Waals surface area contributed by atoms with Crippen molar-refractivity contribution in [3.63, 3.8) is 0 Å². The van der Waals surface area contributed by atoms with Gasteiger partial charge in [0, 0.05) is 11.8 Å². The molecule has 2 aromatic rings. The fraction of sp³-hybridized carbons (Fsp3) is 0.300. The van der Waals surface area contributed by atoms with Crippen LogP contribution in [0.1, 0.15) is 44.2 Å². The number of nitrogens with one attached hydrogen (secondary N) is 1. The Labute approximate surface area is 159 Å². The van der Waals surface area contributed by atoms with Gasteiger partial charge in [0.1, 0.15) is 0 Å². The van der Waals surface area contributed by atoms with Crippen LogP contribution in [0.15, 0.2) is 35.2 Å². The number of hydrogen-bond donors (Lipinski definition) is 2. The van der Waals surface area contributed by atoms with Crippen molar-refractivity contribution >= 4 is 21.7 Å². The predicted molar refractivity (Wildman–Crippen MR) is 103 cm³/mol. The quantitative estimate of drug-likeness (QED) is 0.819. The number of rotatable bonds is 5. The molecule has 1 unspecified atom stereocenters. The van der Waals surface area contributed by atoms with Crippen molar-refractivity contribution in [1.29, 1.82) is 0 Å². The summed E-state index contributed by atoms with van der Waals surface area (Å²) in [6, 6.07) is 6.87. The SMILES string of the molecule is Cc1cc(C)cc(C(NC(=O)c2cc(S(C)(=O)=O)cc(C)c2C)C(=O)O)c1. The largest absolute Gasteiger partial charge is 0.479 e. The highest BCUT2D eigenvalue weighted by molar-refractivity contribution is 7.90. The third-order valence-corrected chi connectivity index (χ3v) is 5.51. The molecule has 2 aromatic carbocycles. The van der Waals surface area contributed by atoms with Crippen LogP contribution in [-0.2, 0) is 14.6 Å². The van der Waals surface area contributed by atoms with Gasteiger partial charge in [-0.05, 0) is 56.5 Å². The molecule has 1 atom stereocenters. The molecule has 0 heterocycles. The molecule has 0 aliphatic heterocycles. The van der Waals surface area contributed by atoms with Crippen LogP contribution in [0.25, 0.3) is 0 Å². The number of carboxylic acids is 1. The Morgan fingerprint density at radius 3 is 2.00 bits per heavy atom. The van der Waals surface area contributed by atoms with E-state index in [2.05, 4.69) is 5.32 Å². The summed E-state index contributed by atoms with van der Waals surface area (Å²) in [5.74, 6) is -1.82. The number of carbonyl (C=O) groups is 2. The van der Waals surface area contributed by atoms with E-state index in [4.69, 9.17) is 0 Å². The van der Waals surface area contributed by atoms with Crippen molar-refractivity contribution in [3.05, 3.63) is 63.7 Å². The third kappa shape index (κ3) is 4.74. The minimum atomic E-state index is -3.50. The number of carboxylic acid groups (broad SMARTS) is 1. The van der Waals surface area contributed by atoms with Crippen molar-refractivity contribution in [3.8, 4) is 0 Å². The highest BCUT2D eigenvalue weighted by atomic mass is 32.2. The van der Waals surface area contributed by atoms with Crippen molar-refractivity contribution < 1.29 is 23.1 Å². The minimum absolute atomic E-state index is 0.0222. The van der Waals surface area contributed by atoms with Gasteiger partial charge in [0.05, 0.1) is 4.90 Å². The van der Waals surface area contributed by atoms with E-state index in [1.807, 2.05) is 19.9 Å². The molecule has 0 saturated heterocycles. The first-order chi connectivity index (χ1) is 12.4. The third-order valence-electron chi connectivity index (χ3n) is 4.41. The van der Waals surface area contributed by atoms with Gasteiger partial charge >= 0.3 is 5.97 Å². The van der Waals surface area contributed by atoms with Crippen LogP contribution in [0.3, 0.4) is 0 Å². The maximum atomic E-state index is 12.8. The number of benzene rings is 2. The number of aryl methyl sites for hydroxylation is 3. The molecule has 27 heavy (non-hydrogen) atoms. The van der Waals surface area contributed by atoms with Gasteiger partial charge in [-0.3, -0.25) is 4.79 Å². The molecule has 144 valence electrons. The van der Waals surface area contributed by atoms with E-state index in [0.717, 1.165) is 17.4 Å². The van der Waals surface area contributed by atoms with E-state index in [1.165, 1.54) is 12.1 Å². The van der Waals surface area contributed by atoms with Gasteiger partial charge in [0.15, 0.2) is 15.9 Å². The van der Waals surface area contributed by atoms with E-state index in [9.17, 15) is 23.1 Å². The molecule has 0 bridgehead atoms. The van der Waals surface area contributed by atoms with Gasteiger partial charge in [-0.1, -0.05) is 29.3 Å². The van der Waals surface area contributed by atoms with Crippen LogP contribution < -0.4 is 5.32 Å². The Hall–Kier alpha value is -2.67. The molecule has 1 amide bonds. The standard InChI is InChI=1S/C20H23NO5S/c1-11-6-12(2)8-15(7-11)18(20(23)24)21-19(22)17-10-16(27(5,25)26)9-13(3)14(17)4/h6-10,18H,1-5H3,(H,21,22)(H,23,24). The first-order valence-electron chi connectivity index (χ1n) is 8.33. The summed E-state index contributed by atoms with van der Waals surface area (Å²) in [7, 11) is -3.50. The monoisotopic (exact) mass is 389 g/mol. The van der Waals surface area contributed by atoms with Gasteiger partial charge in [-0.15, -0.1) is 0 Å². The molecule has 0 aromatic heterocycles. The normalized spacial score (nSPS) is 12.5. The summed E-state index contributed by atoms with van der Waals surface area (Å²) in [4.78, 5) is 24.6. The molecule has 2 rings (SSSR count). The Morgan fingerprint density at radius 2 is 1.52 bits per heavy atom. The van der Waals surface area contributed by atoms with Crippen LogP contribution in [0.5, 0.6) is 0 Å². The maximum Gasteiger partial charge on any atom is 0.330 e. The second-order valence-corrected chi connectivity index (χ2v) is 8.87. The van der Waals surface area contributed by atoms with Crippen LogP contribution in [0, 0.1) is 27.7 Å². The Bertz CT molecular complexity index is 1000. The number of sulfone groups is 1. The first kappa shape index (κ1) is 20.6. The molecule has 2 N–H and O–H groups in total. The smallest absolute Gasteiger partial charge is 0.330 e. The summed E-state index contributed by atoms with van der Waals surface area (Å²) >= 11 is 0. The van der Waals surface area contributed by atoms with E-state index in [0.29, 0.717) is 16.7 Å². The Balaban J connectivity index is 2.47. The zero-order chi connectivity index (χ0) is 20.5. The summed E-state index contributed by atoms with van der Waals surface area (Å²) in [6.07, 6.45) is 1.06. The summed E-state index contributed by atoms with van der Waals surface area (Å²) in [5, 5.41) is 12.1. The van der Waals surface area contributed by atoms with Gasteiger partial charge in [-0.25, -0.2) is 13.2 Å². The van der Waals surface area contributed by atoms with Crippen molar-refractivity contribution in [2.45, 2.75) is 38.6 Å². The van der Waals surface area contributed by atoms with Gasteiger partial charge in [-0.2, -0.15) is 0 Å². The van der Waals surface area contributed by atoms with Crippen LogP contribution >= 0.6 is 0 Å². The fourth-order valence-corrected chi connectivity index (χ4v) is 3.67. The summed E-state index contributed by atoms with van der Waals surface area (Å²) < 4.78 is 23.7. The van der Waals surface area contributed by atoms with E-state index in [1.54, 1.807) is 26.0 Å². The minimum Gasteiger partial charge on any atom is -0.479 e. The lowest BCUT2D eigenvalue weighted by atomic mass is 9.99. The Morgan fingerprint density at radius 1 is 0.963 bits per heavy atom. The average Bonchev–Trinajstić information content (AvgIpc) is 2.52. The van der Waals surface area contributed by atoms with Crippen molar-refractivity contribution in [2.75, 3.05) is 6.26 Å².